The van der Waals surface area contributed by atoms with Crippen molar-refractivity contribution in [1.82, 2.24) is 9.21 Å². The molecule has 8 nitrogen and oxygen atoms in total. The van der Waals surface area contributed by atoms with Crippen molar-refractivity contribution in [1.29, 1.82) is 0 Å². The standard InChI is InChI=1S/C27H28N2O6S2/c1-19(30)36-23-16-25(27(33)28(18-26(31)32)14-13-20-7-3-2-4-8-20)29(17-23)37(34,35)24-12-11-21-9-5-6-10-22(21)15-24/h2-12,15,23,25H,13-14,16-18H2,1H3,(H,31,32). The summed E-state index contributed by atoms with van der Waals surface area (Å²) < 4.78 is 28.7. The van der Waals surface area contributed by atoms with Crippen molar-refractivity contribution in [2.45, 2.75) is 36.0 Å². The first-order valence-corrected chi connectivity index (χ1v) is 14.2. The summed E-state index contributed by atoms with van der Waals surface area (Å²) in [5.74, 6) is -1.76. The monoisotopic (exact) mass is 540 g/mol. The molecule has 0 bridgehead atoms. The number of thioether (sulfide) groups is 1. The molecule has 2 atom stereocenters. The SMILES string of the molecule is CC(=O)SC1CC(C(=O)N(CCc2ccccc2)CC(=O)O)N(S(=O)(=O)c2ccc3ccccc3c2)C1. The predicted molar refractivity (Wildman–Crippen MR) is 143 cm³/mol. The Balaban J connectivity index is 1.65. The highest BCUT2D eigenvalue weighted by Crippen LogP contribution is 2.34. The fourth-order valence-electron chi connectivity index (χ4n) is 4.59. The molecule has 2 unspecified atom stereocenters. The zero-order valence-corrected chi connectivity index (χ0v) is 22.0. The number of nitrogens with zero attached hydrogens (tertiary/aromatic N) is 2. The van der Waals surface area contributed by atoms with Crippen LogP contribution in [0.2, 0.25) is 0 Å². The molecule has 1 aliphatic heterocycles. The van der Waals surface area contributed by atoms with Crippen LogP contribution in [0.4, 0.5) is 0 Å². The lowest BCUT2D eigenvalue weighted by Gasteiger charge is -2.29. The summed E-state index contributed by atoms with van der Waals surface area (Å²) in [6.07, 6.45) is 0.549. The van der Waals surface area contributed by atoms with Crippen molar-refractivity contribution < 1.29 is 27.9 Å². The second-order valence-electron chi connectivity index (χ2n) is 8.96. The second-order valence-corrected chi connectivity index (χ2v) is 12.3. The molecule has 194 valence electrons. The van der Waals surface area contributed by atoms with Gasteiger partial charge in [-0.1, -0.05) is 72.4 Å². The van der Waals surface area contributed by atoms with Crippen LogP contribution in [0.15, 0.2) is 77.7 Å². The molecule has 1 amide bonds. The Morgan fingerprint density at radius 3 is 2.35 bits per heavy atom. The van der Waals surface area contributed by atoms with Crippen molar-refractivity contribution in [2.24, 2.45) is 0 Å². The van der Waals surface area contributed by atoms with Crippen molar-refractivity contribution in [3.8, 4) is 0 Å². The number of amides is 1. The Bertz CT molecular complexity index is 1410. The van der Waals surface area contributed by atoms with Gasteiger partial charge in [-0.3, -0.25) is 14.4 Å². The van der Waals surface area contributed by atoms with Gasteiger partial charge in [-0.2, -0.15) is 4.31 Å². The third-order valence-electron chi connectivity index (χ3n) is 6.31. The normalized spacial score (nSPS) is 18.1. The fourth-order valence-corrected chi connectivity index (χ4v) is 7.34. The van der Waals surface area contributed by atoms with Gasteiger partial charge in [-0.15, -0.1) is 0 Å². The summed E-state index contributed by atoms with van der Waals surface area (Å²) in [5.41, 5.74) is 0.933. The molecule has 0 aromatic heterocycles. The summed E-state index contributed by atoms with van der Waals surface area (Å²) in [6.45, 7) is 0.963. The first-order chi connectivity index (χ1) is 17.6. The molecule has 4 rings (SSSR count). The van der Waals surface area contributed by atoms with Crippen molar-refractivity contribution in [2.75, 3.05) is 19.6 Å². The van der Waals surface area contributed by atoms with Crippen molar-refractivity contribution in [3.05, 3.63) is 78.4 Å². The van der Waals surface area contributed by atoms with Crippen LogP contribution >= 0.6 is 11.8 Å². The quantitative estimate of drug-likeness (QED) is 0.443. The van der Waals surface area contributed by atoms with E-state index in [-0.39, 0.29) is 29.5 Å². The fraction of sp³-hybridized carbons (Fsp3) is 0.296. The van der Waals surface area contributed by atoms with Gasteiger partial charge >= 0.3 is 5.97 Å². The van der Waals surface area contributed by atoms with E-state index in [9.17, 15) is 27.9 Å². The molecule has 10 heteroatoms. The van der Waals surface area contributed by atoms with Gasteiger partial charge in [-0.25, -0.2) is 8.42 Å². The Hall–Kier alpha value is -3.21. The number of carboxylic acid groups (broad SMARTS) is 1. The lowest BCUT2D eigenvalue weighted by atomic mass is 10.1. The zero-order chi connectivity index (χ0) is 26.6. The van der Waals surface area contributed by atoms with E-state index >= 15 is 0 Å². The highest BCUT2D eigenvalue weighted by Gasteiger charge is 2.46. The number of carbonyl (C=O) groups is 3. The molecule has 1 fully saturated rings. The molecule has 1 aliphatic rings. The van der Waals surface area contributed by atoms with Gasteiger partial charge in [-0.05, 0) is 41.3 Å². The number of carboxylic acids is 1. The number of aliphatic carboxylic acids is 1. The second kappa shape index (κ2) is 11.5. The maximum atomic E-state index is 13.8. The Morgan fingerprint density at radius 1 is 1.00 bits per heavy atom. The first kappa shape index (κ1) is 26.8. The van der Waals surface area contributed by atoms with Crippen LogP contribution in [0.5, 0.6) is 0 Å². The lowest BCUT2D eigenvalue weighted by Crippen LogP contribution is -2.49. The van der Waals surface area contributed by atoms with E-state index in [4.69, 9.17) is 0 Å². The average Bonchev–Trinajstić information content (AvgIpc) is 3.30. The van der Waals surface area contributed by atoms with Crippen molar-refractivity contribution in [3.63, 3.8) is 0 Å². The Morgan fingerprint density at radius 2 is 1.68 bits per heavy atom. The van der Waals surface area contributed by atoms with Crippen molar-refractivity contribution >= 4 is 49.5 Å². The number of sulfonamides is 1. The maximum Gasteiger partial charge on any atom is 0.323 e. The smallest absolute Gasteiger partial charge is 0.323 e. The third kappa shape index (κ3) is 6.38. The predicted octanol–water partition coefficient (Wildman–Crippen LogP) is 3.41. The van der Waals surface area contributed by atoms with E-state index in [1.165, 1.54) is 17.9 Å². The van der Waals surface area contributed by atoms with Gasteiger partial charge in [0.05, 0.1) is 4.90 Å². The first-order valence-electron chi connectivity index (χ1n) is 11.9. The van der Waals surface area contributed by atoms with E-state index in [2.05, 4.69) is 0 Å². The van der Waals surface area contributed by atoms with Crippen LogP contribution in [-0.2, 0) is 30.8 Å². The number of carbonyl (C=O) groups excluding carboxylic acids is 2. The van der Waals surface area contributed by atoms with Crippen LogP contribution in [0, 0.1) is 0 Å². The van der Waals surface area contributed by atoms with Crippen LogP contribution in [0.3, 0.4) is 0 Å². The minimum absolute atomic E-state index is 0.0184. The molecule has 3 aromatic carbocycles. The molecule has 37 heavy (non-hydrogen) atoms. The van der Waals surface area contributed by atoms with Crippen LogP contribution in [0.25, 0.3) is 10.8 Å². The average molecular weight is 541 g/mol. The topological polar surface area (TPSA) is 112 Å². The lowest BCUT2D eigenvalue weighted by molar-refractivity contribution is -0.145. The van der Waals surface area contributed by atoms with Crippen LogP contribution in [0.1, 0.15) is 18.9 Å². The molecular formula is C27H28N2O6S2. The summed E-state index contributed by atoms with van der Waals surface area (Å²) in [6, 6.07) is 20.4. The van der Waals surface area contributed by atoms with Gasteiger partial charge in [0.15, 0.2) is 5.12 Å². The molecule has 0 radical (unpaired) electrons. The van der Waals surface area contributed by atoms with Gasteiger partial charge in [0.2, 0.25) is 15.9 Å². The Kier molecular flexibility index (Phi) is 8.31. The van der Waals surface area contributed by atoms with Gasteiger partial charge in [0, 0.05) is 25.3 Å². The Labute approximate surface area is 220 Å². The molecule has 1 saturated heterocycles. The van der Waals surface area contributed by atoms with E-state index in [1.54, 1.807) is 12.1 Å². The summed E-state index contributed by atoms with van der Waals surface area (Å²) >= 11 is 1.00. The molecule has 0 spiro atoms. The van der Waals surface area contributed by atoms with E-state index in [1.807, 2.05) is 54.6 Å². The number of hydrogen-bond acceptors (Lipinski definition) is 6. The minimum atomic E-state index is -4.11. The van der Waals surface area contributed by atoms with E-state index in [0.717, 1.165) is 32.4 Å². The largest absolute Gasteiger partial charge is 0.480 e. The van der Waals surface area contributed by atoms with Crippen LogP contribution < -0.4 is 0 Å². The van der Waals surface area contributed by atoms with E-state index in [0.29, 0.717) is 6.42 Å². The highest BCUT2D eigenvalue weighted by atomic mass is 32.2. The number of benzene rings is 3. The van der Waals surface area contributed by atoms with Gasteiger partial charge < -0.3 is 10.0 Å². The molecule has 0 saturated carbocycles. The molecule has 1 N–H and O–H groups in total. The highest BCUT2D eigenvalue weighted by molar-refractivity contribution is 8.14. The molecule has 0 aliphatic carbocycles. The summed E-state index contributed by atoms with van der Waals surface area (Å²) in [5, 5.41) is 10.5. The third-order valence-corrected chi connectivity index (χ3v) is 9.19. The molecule has 3 aromatic rings. The van der Waals surface area contributed by atoms with Gasteiger partial charge in [0.1, 0.15) is 12.6 Å². The number of hydrogen-bond donors (Lipinski definition) is 1. The maximum absolute atomic E-state index is 13.8. The number of rotatable bonds is 9. The van der Waals surface area contributed by atoms with E-state index < -0.39 is 39.7 Å². The number of fused-ring (bicyclic) bond motifs is 1. The molecular weight excluding hydrogens is 512 g/mol. The van der Waals surface area contributed by atoms with Crippen LogP contribution in [-0.4, -0.2) is 70.6 Å². The molecule has 1 heterocycles. The summed E-state index contributed by atoms with van der Waals surface area (Å²) in [4.78, 5) is 38.4. The minimum Gasteiger partial charge on any atom is -0.480 e. The zero-order valence-electron chi connectivity index (χ0n) is 20.3. The summed E-state index contributed by atoms with van der Waals surface area (Å²) in [7, 11) is -4.11. The van der Waals surface area contributed by atoms with Gasteiger partial charge in [0.25, 0.3) is 0 Å².